The summed E-state index contributed by atoms with van der Waals surface area (Å²) in [5.41, 5.74) is 2.06. The lowest BCUT2D eigenvalue weighted by Crippen LogP contribution is -2.02. The standard InChI is InChI=1S/C13H12ClN3O3/c1-8-5-9(2)12(6-11(8)17(18)19)20-7-10-3-4-13(14)16-15-10/h3-6H,7H2,1-2H3. The highest BCUT2D eigenvalue weighted by Gasteiger charge is 2.14. The Labute approximate surface area is 120 Å². The molecule has 7 heteroatoms. The van der Waals surface area contributed by atoms with Crippen LogP contribution < -0.4 is 4.74 Å². The van der Waals surface area contributed by atoms with Crippen molar-refractivity contribution < 1.29 is 9.66 Å². The van der Waals surface area contributed by atoms with E-state index in [2.05, 4.69) is 10.2 Å². The van der Waals surface area contributed by atoms with Gasteiger partial charge in [-0.2, -0.15) is 5.10 Å². The van der Waals surface area contributed by atoms with E-state index in [1.165, 1.54) is 6.07 Å². The van der Waals surface area contributed by atoms with Gasteiger partial charge >= 0.3 is 0 Å². The lowest BCUT2D eigenvalue weighted by molar-refractivity contribution is -0.385. The Morgan fingerprint density at radius 3 is 2.60 bits per heavy atom. The molecule has 0 amide bonds. The third-order valence-electron chi connectivity index (χ3n) is 2.75. The fourth-order valence-electron chi connectivity index (χ4n) is 1.75. The SMILES string of the molecule is Cc1cc(C)c([N+](=O)[O-])cc1OCc1ccc(Cl)nn1. The highest BCUT2D eigenvalue weighted by molar-refractivity contribution is 6.29. The minimum atomic E-state index is -0.427. The van der Waals surface area contributed by atoms with Crippen molar-refractivity contribution in [3.63, 3.8) is 0 Å². The second-order valence-corrected chi connectivity index (χ2v) is 4.68. The third-order valence-corrected chi connectivity index (χ3v) is 2.95. The van der Waals surface area contributed by atoms with Crippen LogP contribution in [0.3, 0.4) is 0 Å². The summed E-state index contributed by atoms with van der Waals surface area (Å²) in [6.07, 6.45) is 0. The molecule has 0 N–H and O–H groups in total. The normalized spacial score (nSPS) is 10.3. The number of aromatic nitrogens is 2. The molecule has 0 aliphatic carbocycles. The van der Waals surface area contributed by atoms with E-state index in [9.17, 15) is 10.1 Å². The van der Waals surface area contributed by atoms with E-state index in [1.807, 2.05) is 6.92 Å². The van der Waals surface area contributed by atoms with Crippen LogP contribution in [-0.4, -0.2) is 15.1 Å². The molecule has 1 aromatic carbocycles. The summed E-state index contributed by atoms with van der Waals surface area (Å²) in [4.78, 5) is 10.5. The van der Waals surface area contributed by atoms with Gasteiger partial charge in [0.25, 0.3) is 5.69 Å². The summed E-state index contributed by atoms with van der Waals surface area (Å²) < 4.78 is 5.56. The van der Waals surface area contributed by atoms with Gasteiger partial charge in [0.1, 0.15) is 18.1 Å². The number of nitro groups is 1. The van der Waals surface area contributed by atoms with Gasteiger partial charge in [0.05, 0.1) is 11.0 Å². The molecule has 0 saturated carbocycles. The van der Waals surface area contributed by atoms with Crippen molar-refractivity contribution in [1.29, 1.82) is 0 Å². The Morgan fingerprint density at radius 1 is 1.25 bits per heavy atom. The molecule has 0 saturated heterocycles. The molecule has 2 rings (SSSR count). The Balaban J connectivity index is 2.18. The van der Waals surface area contributed by atoms with E-state index in [-0.39, 0.29) is 12.3 Å². The first kappa shape index (κ1) is 14.2. The van der Waals surface area contributed by atoms with Crippen molar-refractivity contribution in [1.82, 2.24) is 10.2 Å². The Bertz CT molecular complexity index is 644. The first-order valence-electron chi connectivity index (χ1n) is 5.84. The van der Waals surface area contributed by atoms with Gasteiger partial charge in [0.15, 0.2) is 5.15 Å². The molecule has 0 spiro atoms. The molecule has 104 valence electrons. The van der Waals surface area contributed by atoms with Gasteiger partial charge in [-0.25, -0.2) is 0 Å². The van der Waals surface area contributed by atoms with Crippen LogP contribution in [0.25, 0.3) is 0 Å². The van der Waals surface area contributed by atoms with Gasteiger partial charge in [0, 0.05) is 5.56 Å². The Morgan fingerprint density at radius 2 is 2.00 bits per heavy atom. The summed E-state index contributed by atoms with van der Waals surface area (Å²) >= 11 is 5.64. The molecule has 20 heavy (non-hydrogen) atoms. The summed E-state index contributed by atoms with van der Waals surface area (Å²) in [6, 6.07) is 6.44. The maximum atomic E-state index is 10.9. The quantitative estimate of drug-likeness (QED) is 0.639. The van der Waals surface area contributed by atoms with Crippen LogP contribution in [0.5, 0.6) is 5.75 Å². The molecule has 1 heterocycles. The molecule has 0 radical (unpaired) electrons. The first-order chi connectivity index (χ1) is 9.47. The molecule has 0 aliphatic heterocycles. The van der Waals surface area contributed by atoms with E-state index in [0.717, 1.165) is 5.56 Å². The summed E-state index contributed by atoms with van der Waals surface area (Å²) in [6.45, 7) is 3.70. The van der Waals surface area contributed by atoms with Crippen LogP contribution in [0.2, 0.25) is 5.15 Å². The number of nitro benzene ring substituents is 1. The lowest BCUT2D eigenvalue weighted by Gasteiger charge is -2.09. The van der Waals surface area contributed by atoms with Crippen molar-refractivity contribution in [2.24, 2.45) is 0 Å². The predicted molar refractivity (Wildman–Crippen MR) is 73.9 cm³/mol. The maximum Gasteiger partial charge on any atom is 0.276 e. The fourth-order valence-corrected chi connectivity index (χ4v) is 1.85. The van der Waals surface area contributed by atoms with Crippen molar-refractivity contribution in [3.05, 3.63) is 56.4 Å². The second-order valence-electron chi connectivity index (χ2n) is 4.30. The van der Waals surface area contributed by atoms with Gasteiger partial charge in [-0.15, -0.1) is 5.10 Å². The third kappa shape index (κ3) is 3.21. The molecule has 2 aromatic rings. The maximum absolute atomic E-state index is 10.9. The van der Waals surface area contributed by atoms with E-state index in [1.54, 1.807) is 25.1 Å². The first-order valence-corrected chi connectivity index (χ1v) is 6.21. The number of benzene rings is 1. The highest BCUT2D eigenvalue weighted by atomic mass is 35.5. The van der Waals surface area contributed by atoms with E-state index in [4.69, 9.17) is 16.3 Å². The Kier molecular flexibility index (Phi) is 4.14. The molecular weight excluding hydrogens is 282 g/mol. The molecule has 1 aromatic heterocycles. The largest absolute Gasteiger partial charge is 0.487 e. The lowest BCUT2D eigenvalue weighted by atomic mass is 10.1. The number of hydrogen-bond acceptors (Lipinski definition) is 5. The minimum absolute atomic E-state index is 0.0350. The number of rotatable bonds is 4. The van der Waals surface area contributed by atoms with Gasteiger partial charge < -0.3 is 4.74 Å². The van der Waals surface area contributed by atoms with Crippen LogP contribution in [0.15, 0.2) is 24.3 Å². The molecule has 6 nitrogen and oxygen atoms in total. The Hall–Kier alpha value is -2.21. The van der Waals surface area contributed by atoms with E-state index in [0.29, 0.717) is 22.2 Å². The summed E-state index contributed by atoms with van der Waals surface area (Å²) in [7, 11) is 0. The molecule has 0 atom stereocenters. The van der Waals surface area contributed by atoms with Gasteiger partial charge in [-0.3, -0.25) is 10.1 Å². The van der Waals surface area contributed by atoms with Crippen molar-refractivity contribution in [2.75, 3.05) is 0 Å². The summed E-state index contributed by atoms with van der Waals surface area (Å²) in [5, 5.41) is 18.8. The van der Waals surface area contributed by atoms with Gasteiger partial charge in [-0.1, -0.05) is 11.6 Å². The zero-order valence-corrected chi connectivity index (χ0v) is 11.7. The molecule has 0 bridgehead atoms. The van der Waals surface area contributed by atoms with Crippen LogP contribution >= 0.6 is 11.6 Å². The number of ether oxygens (including phenoxy) is 1. The number of halogens is 1. The van der Waals surface area contributed by atoms with Crippen LogP contribution in [0, 0.1) is 24.0 Å². The van der Waals surface area contributed by atoms with Gasteiger partial charge in [-0.05, 0) is 37.6 Å². The van der Waals surface area contributed by atoms with Crippen molar-refractivity contribution in [2.45, 2.75) is 20.5 Å². The topological polar surface area (TPSA) is 78.2 Å². The number of hydrogen-bond donors (Lipinski definition) is 0. The van der Waals surface area contributed by atoms with E-state index < -0.39 is 4.92 Å². The van der Waals surface area contributed by atoms with Crippen LogP contribution in [-0.2, 0) is 6.61 Å². The smallest absolute Gasteiger partial charge is 0.276 e. The van der Waals surface area contributed by atoms with Crippen molar-refractivity contribution >= 4 is 17.3 Å². The zero-order valence-electron chi connectivity index (χ0n) is 11.0. The minimum Gasteiger partial charge on any atom is -0.487 e. The van der Waals surface area contributed by atoms with Crippen molar-refractivity contribution in [3.8, 4) is 5.75 Å². The molecular formula is C13H12ClN3O3. The molecule has 0 fully saturated rings. The number of nitrogens with zero attached hydrogens (tertiary/aromatic N) is 3. The average Bonchev–Trinajstić information content (AvgIpc) is 2.39. The van der Waals surface area contributed by atoms with Crippen LogP contribution in [0.1, 0.15) is 16.8 Å². The zero-order chi connectivity index (χ0) is 14.7. The molecule has 0 aliphatic rings. The predicted octanol–water partition coefficient (Wildman–Crippen LogP) is 3.23. The van der Waals surface area contributed by atoms with Gasteiger partial charge in [0.2, 0.25) is 0 Å². The monoisotopic (exact) mass is 293 g/mol. The number of aryl methyl sites for hydroxylation is 2. The fraction of sp³-hybridized carbons (Fsp3) is 0.231. The summed E-state index contributed by atoms with van der Waals surface area (Å²) in [5.74, 6) is 0.457. The average molecular weight is 294 g/mol. The molecule has 0 unspecified atom stereocenters. The second kappa shape index (κ2) is 5.83. The van der Waals surface area contributed by atoms with Crippen LogP contribution in [0.4, 0.5) is 5.69 Å². The highest BCUT2D eigenvalue weighted by Crippen LogP contribution is 2.28. The van der Waals surface area contributed by atoms with E-state index >= 15 is 0 Å².